The monoisotopic (exact) mass is 271 g/mol. The van der Waals surface area contributed by atoms with E-state index < -0.39 is 0 Å². The van der Waals surface area contributed by atoms with Crippen molar-refractivity contribution in [1.82, 2.24) is 15.3 Å². The van der Waals surface area contributed by atoms with Crippen LogP contribution in [0.15, 0.2) is 36.4 Å². The van der Waals surface area contributed by atoms with Crippen LogP contribution in [-0.2, 0) is 6.54 Å². The molecule has 0 radical (unpaired) electrons. The van der Waals surface area contributed by atoms with Crippen molar-refractivity contribution in [2.45, 2.75) is 26.8 Å². The zero-order chi connectivity index (χ0) is 14.2. The number of aromatic nitrogens is 2. The largest absolute Gasteiger partial charge is 0.463 e. The van der Waals surface area contributed by atoms with Crippen LogP contribution in [0.3, 0.4) is 0 Å². The third kappa shape index (κ3) is 4.97. The second kappa shape index (κ2) is 7.60. The lowest BCUT2D eigenvalue weighted by Crippen LogP contribution is -2.17. The second-order valence-corrected chi connectivity index (χ2v) is 4.80. The minimum atomic E-state index is 0.477. The topological polar surface area (TPSA) is 47.0 Å². The summed E-state index contributed by atoms with van der Waals surface area (Å²) in [6, 6.07) is 12.8. The van der Waals surface area contributed by atoms with E-state index in [9.17, 15) is 0 Å². The first-order valence-corrected chi connectivity index (χ1v) is 6.94. The van der Waals surface area contributed by atoms with E-state index in [1.165, 1.54) is 5.56 Å². The summed E-state index contributed by atoms with van der Waals surface area (Å²) < 4.78 is 5.56. The lowest BCUT2D eigenvalue weighted by molar-refractivity contribution is 0.283. The van der Waals surface area contributed by atoms with E-state index in [0.717, 1.165) is 30.9 Å². The first kappa shape index (κ1) is 14.5. The predicted molar refractivity (Wildman–Crippen MR) is 79.8 cm³/mol. The Morgan fingerprint density at radius 2 is 1.75 bits per heavy atom. The molecule has 20 heavy (non-hydrogen) atoms. The van der Waals surface area contributed by atoms with Gasteiger partial charge in [-0.3, -0.25) is 0 Å². The maximum Gasteiger partial charge on any atom is 0.316 e. The molecule has 1 aromatic carbocycles. The third-order valence-electron chi connectivity index (χ3n) is 2.86. The molecule has 0 atom stereocenters. The van der Waals surface area contributed by atoms with Crippen LogP contribution in [0.5, 0.6) is 6.01 Å². The normalized spacial score (nSPS) is 10.5. The lowest BCUT2D eigenvalue weighted by atomic mass is 10.2. The Kier molecular flexibility index (Phi) is 5.50. The van der Waals surface area contributed by atoms with Crippen LogP contribution in [0.1, 0.15) is 23.4 Å². The van der Waals surface area contributed by atoms with E-state index in [1.807, 2.05) is 26.0 Å². The van der Waals surface area contributed by atoms with Crippen molar-refractivity contribution in [3.05, 3.63) is 53.3 Å². The summed E-state index contributed by atoms with van der Waals surface area (Å²) in [4.78, 5) is 8.49. The van der Waals surface area contributed by atoms with Crippen LogP contribution in [-0.4, -0.2) is 23.1 Å². The van der Waals surface area contributed by atoms with Crippen molar-refractivity contribution in [2.75, 3.05) is 13.2 Å². The van der Waals surface area contributed by atoms with Crippen LogP contribution in [0.25, 0.3) is 0 Å². The van der Waals surface area contributed by atoms with Gasteiger partial charge in [-0.05, 0) is 38.4 Å². The third-order valence-corrected chi connectivity index (χ3v) is 2.86. The Hall–Kier alpha value is -1.94. The number of aryl methyl sites for hydroxylation is 2. The summed E-state index contributed by atoms with van der Waals surface area (Å²) in [5, 5.41) is 3.39. The SMILES string of the molecule is Cc1cc(C)nc(OCCCNCc2ccccc2)n1. The molecule has 0 fully saturated rings. The highest BCUT2D eigenvalue weighted by Gasteiger charge is 2.00. The summed E-state index contributed by atoms with van der Waals surface area (Å²) in [5.74, 6) is 0. The Morgan fingerprint density at radius 3 is 2.45 bits per heavy atom. The molecule has 1 N–H and O–H groups in total. The number of hydrogen-bond acceptors (Lipinski definition) is 4. The molecule has 4 nitrogen and oxygen atoms in total. The Labute approximate surface area is 120 Å². The first-order valence-electron chi connectivity index (χ1n) is 6.94. The maximum absolute atomic E-state index is 5.56. The molecule has 0 aliphatic heterocycles. The lowest BCUT2D eigenvalue weighted by Gasteiger charge is -2.07. The molecule has 0 saturated heterocycles. The van der Waals surface area contributed by atoms with E-state index >= 15 is 0 Å². The molecule has 0 aliphatic rings. The molecule has 0 spiro atoms. The zero-order valence-corrected chi connectivity index (χ0v) is 12.1. The van der Waals surface area contributed by atoms with Crippen LogP contribution < -0.4 is 10.1 Å². The molecule has 0 aliphatic carbocycles. The molecule has 1 aromatic heterocycles. The van der Waals surface area contributed by atoms with E-state index in [2.05, 4.69) is 39.6 Å². The van der Waals surface area contributed by atoms with Crippen molar-refractivity contribution >= 4 is 0 Å². The van der Waals surface area contributed by atoms with Gasteiger partial charge >= 0.3 is 6.01 Å². The molecule has 1 heterocycles. The molecule has 0 unspecified atom stereocenters. The van der Waals surface area contributed by atoms with E-state index in [-0.39, 0.29) is 0 Å². The van der Waals surface area contributed by atoms with Gasteiger partial charge in [0.25, 0.3) is 0 Å². The number of hydrogen-bond donors (Lipinski definition) is 1. The quantitative estimate of drug-likeness (QED) is 0.786. The smallest absolute Gasteiger partial charge is 0.316 e. The fraction of sp³-hybridized carbons (Fsp3) is 0.375. The first-order chi connectivity index (χ1) is 9.74. The minimum Gasteiger partial charge on any atom is -0.463 e. The van der Waals surface area contributed by atoms with Gasteiger partial charge in [-0.25, -0.2) is 9.97 Å². The summed E-state index contributed by atoms with van der Waals surface area (Å²) in [7, 11) is 0. The van der Waals surface area contributed by atoms with Crippen molar-refractivity contribution in [3.8, 4) is 6.01 Å². The van der Waals surface area contributed by atoms with Crippen LogP contribution in [0, 0.1) is 13.8 Å². The van der Waals surface area contributed by atoms with Gasteiger partial charge in [-0.15, -0.1) is 0 Å². The number of nitrogens with one attached hydrogen (secondary N) is 1. The fourth-order valence-electron chi connectivity index (χ4n) is 1.95. The van der Waals surface area contributed by atoms with Gasteiger partial charge in [0.2, 0.25) is 0 Å². The van der Waals surface area contributed by atoms with Gasteiger partial charge in [0, 0.05) is 17.9 Å². The summed E-state index contributed by atoms with van der Waals surface area (Å²) in [6.45, 7) is 6.33. The van der Waals surface area contributed by atoms with Gasteiger partial charge in [0.05, 0.1) is 6.61 Å². The van der Waals surface area contributed by atoms with E-state index in [4.69, 9.17) is 4.74 Å². The number of nitrogens with zero attached hydrogens (tertiary/aromatic N) is 2. The van der Waals surface area contributed by atoms with Crippen LogP contribution in [0.2, 0.25) is 0 Å². The molecule has 4 heteroatoms. The van der Waals surface area contributed by atoms with E-state index in [0.29, 0.717) is 12.6 Å². The highest BCUT2D eigenvalue weighted by Crippen LogP contribution is 2.06. The fourth-order valence-corrected chi connectivity index (χ4v) is 1.95. The molecule has 0 bridgehead atoms. The van der Waals surface area contributed by atoms with Crippen LogP contribution in [0.4, 0.5) is 0 Å². The predicted octanol–water partition coefficient (Wildman–Crippen LogP) is 2.65. The van der Waals surface area contributed by atoms with Crippen LogP contribution >= 0.6 is 0 Å². The molecular formula is C16H21N3O. The standard InChI is InChI=1S/C16H21N3O/c1-13-11-14(2)19-16(18-13)20-10-6-9-17-12-15-7-4-3-5-8-15/h3-5,7-8,11,17H,6,9-10,12H2,1-2H3. The Bertz CT molecular complexity index is 508. The Balaban J connectivity index is 1.62. The average molecular weight is 271 g/mol. The van der Waals surface area contributed by atoms with E-state index in [1.54, 1.807) is 0 Å². The molecule has 0 saturated carbocycles. The second-order valence-electron chi connectivity index (χ2n) is 4.80. The summed E-state index contributed by atoms with van der Waals surface area (Å²) in [5.41, 5.74) is 3.18. The molecule has 2 rings (SSSR count). The van der Waals surface area contributed by atoms with Gasteiger partial charge in [-0.1, -0.05) is 30.3 Å². The number of rotatable bonds is 7. The van der Waals surface area contributed by atoms with Crippen molar-refractivity contribution in [3.63, 3.8) is 0 Å². The molecular weight excluding hydrogens is 250 g/mol. The van der Waals surface area contributed by atoms with Gasteiger partial charge in [0.15, 0.2) is 0 Å². The average Bonchev–Trinajstić information content (AvgIpc) is 2.43. The van der Waals surface area contributed by atoms with Gasteiger partial charge in [0.1, 0.15) is 0 Å². The maximum atomic E-state index is 5.56. The van der Waals surface area contributed by atoms with Crippen molar-refractivity contribution in [1.29, 1.82) is 0 Å². The summed E-state index contributed by atoms with van der Waals surface area (Å²) >= 11 is 0. The highest BCUT2D eigenvalue weighted by molar-refractivity contribution is 5.14. The van der Waals surface area contributed by atoms with Gasteiger partial charge < -0.3 is 10.1 Å². The molecule has 106 valence electrons. The molecule has 2 aromatic rings. The minimum absolute atomic E-state index is 0.477. The number of ether oxygens (including phenoxy) is 1. The highest BCUT2D eigenvalue weighted by atomic mass is 16.5. The molecule has 0 amide bonds. The van der Waals surface area contributed by atoms with Gasteiger partial charge in [-0.2, -0.15) is 0 Å². The number of benzene rings is 1. The zero-order valence-electron chi connectivity index (χ0n) is 12.1. The van der Waals surface area contributed by atoms with Crippen molar-refractivity contribution in [2.24, 2.45) is 0 Å². The van der Waals surface area contributed by atoms with Crippen molar-refractivity contribution < 1.29 is 4.74 Å². The summed E-state index contributed by atoms with van der Waals surface area (Å²) in [6.07, 6.45) is 0.934. The Morgan fingerprint density at radius 1 is 1.05 bits per heavy atom.